The molecule has 0 aromatic carbocycles. The molecule has 0 saturated carbocycles. The molecule has 2 N–H and O–H groups in total. The second kappa shape index (κ2) is 5.38. The molecule has 1 saturated heterocycles. The van der Waals surface area contributed by atoms with Gasteiger partial charge in [0.25, 0.3) is 20.2 Å². The van der Waals surface area contributed by atoms with Gasteiger partial charge in [0.05, 0.1) is 23.0 Å². The molecule has 1 heterocycles. The molecule has 1 fully saturated rings. The van der Waals surface area contributed by atoms with Crippen LogP contribution in [-0.2, 0) is 30.1 Å². The number of sulfone groups is 1. The first-order valence-corrected chi connectivity index (χ1v) is 8.97. The minimum Gasteiger partial charge on any atom is -0.286 e. The van der Waals surface area contributed by atoms with Crippen molar-refractivity contribution in [2.45, 2.75) is 0 Å². The van der Waals surface area contributed by atoms with Crippen LogP contribution in [0.3, 0.4) is 0 Å². The molecule has 17 heavy (non-hydrogen) atoms. The molecule has 1 aliphatic heterocycles. The number of rotatable bonds is 4. The third kappa shape index (κ3) is 6.36. The topological polar surface area (TPSA) is 143 Å². The van der Waals surface area contributed by atoms with Crippen molar-refractivity contribution in [3.8, 4) is 0 Å². The monoisotopic (exact) mass is 432 g/mol. The predicted octanol–water partition coefficient (Wildman–Crippen LogP) is -2.20. The quantitative estimate of drug-likeness (QED) is 0.377. The maximum absolute atomic E-state index is 10.9. The first kappa shape index (κ1) is 18.3. The van der Waals surface area contributed by atoms with Crippen molar-refractivity contribution >= 4 is 79.0 Å². The van der Waals surface area contributed by atoms with Crippen LogP contribution in [-0.4, -0.2) is 106 Å². The van der Waals surface area contributed by atoms with Gasteiger partial charge in [-0.15, -0.1) is 0 Å². The van der Waals surface area contributed by atoms with E-state index in [2.05, 4.69) is 0 Å². The summed E-state index contributed by atoms with van der Waals surface area (Å²) in [6.07, 6.45) is 0. The molecule has 0 aliphatic carbocycles. The molecule has 0 radical (unpaired) electrons. The Kier molecular flexibility index (Phi) is 5.80. The van der Waals surface area contributed by atoms with E-state index in [0.29, 0.717) is 0 Å². The summed E-state index contributed by atoms with van der Waals surface area (Å²) in [4.78, 5) is 0. The van der Waals surface area contributed by atoms with Crippen molar-refractivity contribution in [3.63, 3.8) is 0 Å². The predicted molar refractivity (Wildman–Crippen MR) is 59.7 cm³/mol. The second-order valence-electron chi connectivity index (χ2n) is 3.98. The molecule has 12 heteroatoms. The van der Waals surface area contributed by atoms with E-state index < -0.39 is 58.5 Å². The Hall–Kier alpha value is 1.34. The Labute approximate surface area is 140 Å². The summed E-state index contributed by atoms with van der Waals surface area (Å²) >= 11 is 0. The normalized spacial score (nSPS) is 22.2. The van der Waals surface area contributed by atoms with Gasteiger partial charge in [-0.2, -0.15) is 16.8 Å². The zero-order valence-corrected chi connectivity index (χ0v) is 15.5. The van der Waals surface area contributed by atoms with Gasteiger partial charge in [-0.3, -0.25) is 9.11 Å². The van der Waals surface area contributed by atoms with Crippen molar-refractivity contribution in [1.29, 1.82) is 0 Å². The van der Waals surface area contributed by atoms with E-state index in [1.807, 2.05) is 0 Å². The standard InChI is InChI=1S/C5H10O8S3.Ba/c6-14(7)1-5(2-14,3-15(8,9)10)4-16(11,12)13;/h1-4H2,(H,8,9,10)(H,11,12,13);/q;+2. The van der Waals surface area contributed by atoms with Crippen LogP contribution in [0, 0.1) is 5.41 Å². The Morgan fingerprint density at radius 1 is 0.941 bits per heavy atom. The Morgan fingerprint density at radius 3 is 1.41 bits per heavy atom. The molecule has 1 aliphatic rings. The Balaban J connectivity index is 0.00000256. The van der Waals surface area contributed by atoms with Crippen molar-refractivity contribution in [2.75, 3.05) is 23.0 Å². The van der Waals surface area contributed by atoms with E-state index in [9.17, 15) is 25.3 Å². The van der Waals surface area contributed by atoms with Gasteiger partial charge in [0.2, 0.25) is 0 Å². The van der Waals surface area contributed by atoms with Crippen LogP contribution in [0.1, 0.15) is 0 Å². The SMILES string of the molecule is O=S(=O)(O)CC1(CS(=O)(=O)O)CS(=O)(=O)C1.[Ba+2]. The third-order valence-electron chi connectivity index (χ3n) is 2.03. The molecular formula is C5H10BaO8S3+2. The average Bonchev–Trinajstić information content (AvgIpc) is 1.69. The fraction of sp³-hybridized carbons (Fsp3) is 1.00. The molecule has 1 rings (SSSR count). The van der Waals surface area contributed by atoms with Crippen LogP contribution in [0.25, 0.3) is 0 Å². The molecule has 0 aromatic rings. The van der Waals surface area contributed by atoms with Gasteiger partial charge in [-0.05, 0) is 0 Å². The zero-order chi connectivity index (χ0) is 12.8. The van der Waals surface area contributed by atoms with Crippen LogP contribution >= 0.6 is 0 Å². The van der Waals surface area contributed by atoms with Crippen LogP contribution in [0.5, 0.6) is 0 Å². The Morgan fingerprint density at radius 2 is 1.24 bits per heavy atom. The van der Waals surface area contributed by atoms with E-state index in [4.69, 9.17) is 9.11 Å². The number of hydrogen-bond donors (Lipinski definition) is 2. The summed E-state index contributed by atoms with van der Waals surface area (Å²) in [6, 6.07) is 0. The van der Waals surface area contributed by atoms with Gasteiger partial charge in [0, 0.05) is 5.41 Å². The smallest absolute Gasteiger partial charge is 0.286 e. The summed E-state index contributed by atoms with van der Waals surface area (Å²) in [5.41, 5.74) is -1.64. The first-order chi connectivity index (χ1) is 6.83. The molecule has 8 nitrogen and oxygen atoms in total. The van der Waals surface area contributed by atoms with E-state index in [-0.39, 0.29) is 48.9 Å². The van der Waals surface area contributed by atoms with E-state index in [0.717, 1.165) is 0 Å². The minimum atomic E-state index is -4.51. The zero-order valence-electron chi connectivity index (χ0n) is 8.60. The van der Waals surface area contributed by atoms with E-state index >= 15 is 0 Å². The fourth-order valence-electron chi connectivity index (χ4n) is 1.87. The summed E-state index contributed by atoms with van der Waals surface area (Å²) < 4.78 is 81.5. The van der Waals surface area contributed by atoms with Gasteiger partial charge in [0.15, 0.2) is 9.84 Å². The third-order valence-corrected chi connectivity index (χ3v) is 6.09. The van der Waals surface area contributed by atoms with Crippen LogP contribution < -0.4 is 0 Å². The molecule has 0 amide bonds. The van der Waals surface area contributed by atoms with E-state index in [1.54, 1.807) is 0 Å². The summed E-state index contributed by atoms with van der Waals surface area (Å²) in [7, 11) is -12.5. The summed E-state index contributed by atoms with van der Waals surface area (Å²) in [5.74, 6) is -3.36. The van der Waals surface area contributed by atoms with Gasteiger partial charge in [-0.25, -0.2) is 8.42 Å². The molecule has 96 valence electrons. The van der Waals surface area contributed by atoms with Crippen molar-refractivity contribution in [2.24, 2.45) is 5.41 Å². The summed E-state index contributed by atoms with van der Waals surface area (Å²) in [5, 5.41) is 0. The van der Waals surface area contributed by atoms with Crippen molar-refractivity contribution in [3.05, 3.63) is 0 Å². The maximum atomic E-state index is 10.9. The molecule has 0 spiro atoms. The number of hydrogen-bond acceptors (Lipinski definition) is 6. The molecule has 0 unspecified atom stereocenters. The molecular weight excluding hydrogens is 422 g/mol. The van der Waals surface area contributed by atoms with Gasteiger partial charge >= 0.3 is 48.9 Å². The molecule has 0 bridgehead atoms. The second-order valence-corrected chi connectivity index (χ2v) is 8.95. The fourth-order valence-corrected chi connectivity index (χ4v) is 6.87. The minimum absolute atomic E-state index is 0. The van der Waals surface area contributed by atoms with E-state index in [1.165, 1.54) is 0 Å². The first-order valence-electron chi connectivity index (χ1n) is 3.93. The van der Waals surface area contributed by atoms with Gasteiger partial charge in [0.1, 0.15) is 0 Å². The van der Waals surface area contributed by atoms with Crippen molar-refractivity contribution in [1.82, 2.24) is 0 Å². The Bertz CT molecular complexity index is 537. The van der Waals surface area contributed by atoms with Gasteiger partial charge in [-0.1, -0.05) is 0 Å². The van der Waals surface area contributed by atoms with Crippen LogP contribution in [0.2, 0.25) is 0 Å². The largest absolute Gasteiger partial charge is 2.00 e. The van der Waals surface area contributed by atoms with Crippen molar-refractivity contribution < 1.29 is 34.4 Å². The molecule has 0 atom stereocenters. The average molecular weight is 432 g/mol. The summed E-state index contributed by atoms with van der Waals surface area (Å²) in [6.45, 7) is 0. The maximum Gasteiger partial charge on any atom is 2.00 e. The van der Waals surface area contributed by atoms with Crippen LogP contribution in [0.4, 0.5) is 0 Å². The van der Waals surface area contributed by atoms with Crippen LogP contribution in [0.15, 0.2) is 0 Å². The molecule has 0 aromatic heterocycles. The van der Waals surface area contributed by atoms with Gasteiger partial charge < -0.3 is 0 Å².